The third-order valence-electron chi connectivity index (χ3n) is 7.84. The maximum atomic E-state index is 14.0. The van der Waals surface area contributed by atoms with Crippen LogP contribution in [-0.2, 0) is 16.0 Å². The second kappa shape index (κ2) is 9.15. The molecule has 2 saturated heterocycles. The molecule has 3 atom stereocenters. The molecule has 1 aromatic carbocycles. The number of ether oxygens (including phenoxy) is 1. The smallest absolute Gasteiger partial charge is 0.256 e. The van der Waals surface area contributed by atoms with Crippen LogP contribution in [0.3, 0.4) is 0 Å². The van der Waals surface area contributed by atoms with E-state index in [9.17, 15) is 14.4 Å². The van der Waals surface area contributed by atoms with Gasteiger partial charge in [0.05, 0.1) is 30.2 Å². The molecule has 3 aliphatic heterocycles. The molecule has 0 N–H and O–H groups in total. The number of morpholine rings is 1. The van der Waals surface area contributed by atoms with Gasteiger partial charge in [0.1, 0.15) is 17.6 Å². The molecule has 2 aromatic rings. The standard InChI is InChI=1S/C26H27FN7O2/c1-16-18(5-7-22(27)21(16)11-28)24-13-32-9-10-33(12-17(32)14-36-24)26(35)20-3-2-4-23-19(20)6-8-25(30-23)34-15-29-31-34/h5-8,15,17,20,24H,2-4,9-10,12-14H2,1H3/q+1. The Morgan fingerprint density at radius 1 is 1.22 bits per heavy atom. The summed E-state index contributed by atoms with van der Waals surface area (Å²) in [6.07, 6.45) is 4.03. The summed E-state index contributed by atoms with van der Waals surface area (Å²) >= 11 is 0. The number of aromatic nitrogens is 1. The highest BCUT2D eigenvalue weighted by Crippen LogP contribution is 2.35. The fourth-order valence-corrected chi connectivity index (χ4v) is 5.81. The summed E-state index contributed by atoms with van der Waals surface area (Å²) in [7, 11) is 0. The fourth-order valence-electron chi connectivity index (χ4n) is 5.81. The van der Waals surface area contributed by atoms with Crippen LogP contribution in [0.1, 0.15) is 52.8 Å². The van der Waals surface area contributed by atoms with Crippen LogP contribution in [0.25, 0.3) is 0 Å². The van der Waals surface area contributed by atoms with E-state index in [0.717, 1.165) is 48.4 Å². The Labute approximate surface area is 208 Å². The first-order valence-electron chi connectivity index (χ1n) is 12.4. The average Bonchev–Trinajstić information content (AvgIpc) is 2.86. The molecule has 36 heavy (non-hydrogen) atoms. The lowest BCUT2D eigenvalue weighted by Crippen LogP contribution is -2.60. The van der Waals surface area contributed by atoms with Gasteiger partial charge in [-0.2, -0.15) is 5.26 Å². The van der Waals surface area contributed by atoms with Gasteiger partial charge in [-0.25, -0.2) is 4.39 Å². The minimum absolute atomic E-state index is 0.0791. The number of carbonyl (C=O) groups excluding carboxylic acids is 1. The molecule has 0 saturated carbocycles. The first-order valence-corrected chi connectivity index (χ1v) is 12.4. The predicted molar refractivity (Wildman–Crippen MR) is 127 cm³/mol. The Balaban J connectivity index is 1.14. The number of nitrogens with zero attached hydrogens (tertiary/aromatic N) is 7. The molecular formula is C26H27FN7O2+. The van der Waals surface area contributed by atoms with Crippen LogP contribution in [0.4, 0.5) is 10.2 Å². The molecule has 1 aromatic heterocycles. The van der Waals surface area contributed by atoms with E-state index in [0.29, 0.717) is 31.8 Å². The highest BCUT2D eigenvalue weighted by atomic mass is 19.1. The number of rotatable bonds is 3. The Bertz CT molecular complexity index is 1330. The van der Waals surface area contributed by atoms with E-state index in [1.165, 1.54) is 6.07 Å². The van der Waals surface area contributed by atoms with Crippen LogP contribution < -0.4 is 0 Å². The number of amides is 1. The van der Waals surface area contributed by atoms with E-state index in [-0.39, 0.29) is 29.5 Å². The molecule has 2 fully saturated rings. The van der Waals surface area contributed by atoms with Crippen molar-refractivity contribution in [2.45, 2.75) is 44.2 Å². The molecule has 0 spiro atoms. The van der Waals surface area contributed by atoms with Crippen molar-refractivity contribution >= 4 is 18.1 Å². The summed E-state index contributed by atoms with van der Waals surface area (Å²) in [5.74, 6) is 0.222. The highest BCUT2D eigenvalue weighted by molar-refractivity contribution is 5.84. The second-order valence-corrected chi connectivity index (χ2v) is 9.82. The minimum Gasteiger partial charge on any atom is -0.370 e. The van der Waals surface area contributed by atoms with Gasteiger partial charge in [-0.3, -0.25) is 9.69 Å². The Hall–Kier alpha value is -3.55. The third-order valence-corrected chi connectivity index (χ3v) is 7.84. The average molecular weight is 489 g/mol. The van der Waals surface area contributed by atoms with Gasteiger partial charge in [-0.05, 0) is 53.7 Å². The van der Waals surface area contributed by atoms with Crippen molar-refractivity contribution in [3.63, 3.8) is 0 Å². The molecule has 0 bridgehead atoms. The van der Waals surface area contributed by atoms with Crippen LogP contribution in [0, 0.1) is 24.1 Å². The van der Waals surface area contributed by atoms with Gasteiger partial charge in [0.2, 0.25) is 12.2 Å². The SMILES string of the molecule is Cc1c(C2CN3CCN(C(=O)C4CCCc5nc([N+]6=NN=C6)ccc54)CC3CO2)ccc(F)c1C#N. The highest BCUT2D eigenvalue weighted by Gasteiger charge is 2.39. The van der Waals surface area contributed by atoms with E-state index >= 15 is 0 Å². The minimum atomic E-state index is -0.500. The first-order chi connectivity index (χ1) is 17.5. The number of hydrogen-bond acceptors (Lipinski definition) is 7. The molecule has 10 heteroatoms. The van der Waals surface area contributed by atoms with E-state index in [1.807, 2.05) is 23.1 Å². The van der Waals surface area contributed by atoms with Crippen LogP contribution in [0.15, 0.2) is 34.6 Å². The van der Waals surface area contributed by atoms with Gasteiger partial charge >= 0.3 is 0 Å². The van der Waals surface area contributed by atoms with Gasteiger partial charge < -0.3 is 9.64 Å². The van der Waals surface area contributed by atoms with Crippen molar-refractivity contribution in [1.29, 1.82) is 5.26 Å². The summed E-state index contributed by atoms with van der Waals surface area (Å²) in [6.45, 7) is 4.96. The molecule has 4 aliphatic rings. The topological polar surface area (TPSA) is 97.2 Å². The van der Waals surface area contributed by atoms with Crippen molar-refractivity contribution in [2.24, 2.45) is 10.3 Å². The van der Waals surface area contributed by atoms with Gasteiger partial charge in [-0.1, -0.05) is 10.8 Å². The lowest BCUT2D eigenvalue weighted by atomic mass is 9.84. The number of piperazine rings is 1. The summed E-state index contributed by atoms with van der Waals surface area (Å²) in [6, 6.07) is 9.07. The van der Waals surface area contributed by atoms with Crippen LogP contribution in [0.5, 0.6) is 0 Å². The summed E-state index contributed by atoms with van der Waals surface area (Å²) in [5, 5.41) is 17.0. The lowest BCUT2D eigenvalue weighted by Gasteiger charge is -2.47. The quantitative estimate of drug-likeness (QED) is 0.619. The predicted octanol–water partition coefficient (Wildman–Crippen LogP) is 3.16. The fraction of sp³-hybridized carbons (Fsp3) is 0.462. The number of benzene rings is 1. The molecule has 9 nitrogen and oxygen atoms in total. The van der Waals surface area contributed by atoms with Crippen LogP contribution in [-0.4, -0.2) is 70.6 Å². The largest absolute Gasteiger partial charge is 0.370 e. The van der Waals surface area contributed by atoms with Crippen molar-refractivity contribution in [3.05, 3.63) is 58.0 Å². The Morgan fingerprint density at radius 3 is 2.83 bits per heavy atom. The molecule has 3 unspecified atom stereocenters. The second-order valence-electron chi connectivity index (χ2n) is 9.82. The van der Waals surface area contributed by atoms with Crippen molar-refractivity contribution in [2.75, 3.05) is 32.8 Å². The zero-order valence-electron chi connectivity index (χ0n) is 20.1. The number of halogens is 1. The molecule has 0 radical (unpaired) electrons. The first kappa shape index (κ1) is 22.9. The molecular weight excluding hydrogens is 461 g/mol. The zero-order valence-corrected chi connectivity index (χ0v) is 20.1. The maximum Gasteiger partial charge on any atom is 0.256 e. The number of fused-ring (bicyclic) bond motifs is 2. The summed E-state index contributed by atoms with van der Waals surface area (Å²) in [5.41, 5.74) is 3.57. The van der Waals surface area contributed by atoms with Gasteiger partial charge in [0.15, 0.2) is 0 Å². The van der Waals surface area contributed by atoms with Crippen LogP contribution >= 0.6 is 0 Å². The summed E-state index contributed by atoms with van der Waals surface area (Å²) < 4.78 is 21.8. The Morgan fingerprint density at radius 2 is 2.06 bits per heavy atom. The Kier molecular flexibility index (Phi) is 5.82. The monoisotopic (exact) mass is 488 g/mol. The number of carbonyl (C=O) groups is 1. The molecule has 1 aliphatic carbocycles. The molecule has 184 valence electrons. The van der Waals surface area contributed by atoms with Crippen molar-refractivity contribution < 1.29 is 18.6 Å². The van der Waals surface area contributed by atoms with E-state index in [1.54, 1.807) is 24.0 Å². The van der Waals surface area contributed by atoms with E-state index in [4.69, 9.17) is 9.72 Å². The third kappa shape index (κ3) is 3.88. The van der Waals surface area contributed by atoms with E-state index < -0.39 is 5.82 Å². The van der Waals surface area contributed by atoms with E-state index in [2.05, 4.69) is 15.2 Å². The molecule has 4 heterocycles. The van der Waals surface area contributed by atoms with Crippen molar-refractivity contribution in [3.8, 4) is 6.07 Å². The number of nitriles is 1. The maximum absolute atomic E-state index is 14.0. The van der Waals surface area contributed by atoms with Gasteiger partial charge in [0, 0.05) is 43.9 Å². The summed E-state index contributed by atoms with van der Waals surface area (Å²) in [4.78, 5) is 22.7. The van der Waals surface area contributed by atoms with Crippen LogP contribution in [0.2, 0.25) is 0 Å². The number of pyridine rings is 1. The molecule has 6 rings (SSSR count). The zero-order chi connectivity index (χ0) is 24.8. The lowest BCUT2D eigenvalue weighted by molar-refractivity contribution is -0.409. The number of hydrogen-bond donors (Lipinski definition) is 0. The van der Waals surface area contributed by atoms with Crippen molar-refractivity contribution in [1.82, 2.24) is 14.8 Å². The normalized spacial score (nSPS) is 25.3. The number of aryl methyl sites for hydroxylation is 1. The van der Waals surface area contributed by atoms with Gasteiger partial charge in [0.25, 0.3) is 5.82 Å². The van der Waals surface area contributed by atoms with Gasteiger partial charge in [-0.15, -0.1) is 4.98 Å². The molecule has 1 amide bonds.